The number of methoxy groups -OCH3 is 2. The second kappa shape index (κ2) is 8.32. The van der Waals surface area contributed by atoms with Gasteiger partial charge in [0.25, 0.3) is 0 Å². The summed E-state index contributed by atoms with van der Waals surface area (Å²) in [5.41, 5.74) is 2.82. The van der Waals surface area contributed by atoms with Crippen LogP contribution in [0.5, 0.6) is 11.5 Å². The molecule has 0 heterocycles. The molecule has 0 unspecified atom stereocenters. The lowest BCUT2D eigenvalue weighted by Gasteiger charge is -2.08. The molecule has 136 valence electrons. The monoisotopic (exact) mass is 362 g/mol. The quantitative estimate of drug-likeness (QED) is 0.435. The van der Waals surface area contributed by atoms with Crippen molar-refractivity contribution in [3.8, 4) is 22.6 Å². The first kappa shape index (κ1) is 18.4. The molecule has 0 atom stereocenters. The number of ketones is 1. The third-order valence-electron chi connectivity index (χ3n) is 4.20. The fourth-order valence-corrected chi connectivity index (χ4v) is 2.80. The van der Waals surface area contributed by atoms with Crippen LogP contribution in [-0.2, 0) is 0 Å². The normalized spacial score (nSPS) is 10.8. The molecule has 0 N–H and O–H groups in total. The number of hydrogen-bond acceptors (Lipinski definition) is 3. The zero-order valence-corrected chi connectivity index (χ0v) is 15.1. The molecule has 3 rings (SSSR count). The van der Waals surface area contributed by atoms with Gasteiger partial charge in [-0.25, -0.2) is 4.39 Å². The summed E-state index contributed by atoms with van der Waals surface area (Å²) in [6.45, 7) is 0. The molecule has 4 heteroatoms. The molecule has 0 saturated carbocycles. The minimum Gasteiger partial charge on any atom is -0.497 e. The number of hydrogen-bond donors (Lipinski definition) is 0. The van der Waals surface area contributed by atoms with Crippen molar-refractivity contribution in [1.82, 2.24) is 0 Å². The van der Waals surface area contributed by atoms with E-state index in [0.717, 1.165) is 16.7 Å². The second-order valence-corrected chi connectivity index (χ2v) is 5.86. The second-order valence-electron chi connectivity index (χ2n) is 5.86. The predicted molar refractivity (Wildman–Crippen MR) is 105 cm³/mol. The van der Waals surface area contributed by atoms with Gasteiger partial charge >= 0.3 is 0 Å². The number of allylic oxidation sites excluding steroid dienone is 1. The molecule has 3 nitrogen and oxygen atoms in total. The molecule has 0 aliphatic carbocycles. The summed E-state index contributed by atoms with van der Waals surface area (Å²) in [5.74, 6) is 0.855. The maximum atomic E-state index is 13.2. The number of halogens is 1. The van der Waals surface area contributed by atoms with Crippen LogP contribution in [0.3, 0.4) is 0 Å². The van der Waals surface area contributed by atoms with Crippen molar-refractivity contribution < 1.29 is 18.7 Å². The smallest absolute Gasteiger partial charge is 0.186 e. The molecule has 3 aromatic rings. The lowest BCUT2D eigenvalue weighted by Crippen LogP contribution is -1.98. The Bertz CT molecular complexity index is 975. The van der Waals surface area contributed by atoms with E-state index in [0.29, 0.717) is 17.1 Å². The third kappa shape index (κ3) is 4.23. The minimum absolute atomic E-state index is 0.153. The van der Waals surface area contributed by atoms with Crippen LogP contribution >= 0.6 is 0 Å². The van der Waals surface area contributed by atoms with Gasteiger partial charge in [0, 0.05) is 11.1 Å². The van der Waals surface area contributed by atoms with Crippen LogP contribution < -0.4 is 9.47 Å². The average Bonchev–Trinajstić information content (AvgIpc) is 2.72. The van der Waals surface area contributed by atoms with Crippen LogP contribution in [0.1, 0.15) is 15.9 Å². The Labute approximate surface area is 157 Å². The SMILES string of the molecule is COc1ccc(OC)c(/C=C/C(=O)c2ccccc2-c2ccc(F)cc2)c1. The highest BCUT2D eigenvalue weighted by Gasteiger charge is 2.11. The van der Waals surface area contributed by atoms with Crippen LogP contribution in [0.25, 0.3) is 17.2 Å². The summed E-state index contributed by atoms with van der Waals surface area (Å²) in [4.78, 5) is 12.8. The Hall–Kier alpha value is -3.40. The molecular formula is C23H19FO3. The fraction of sp³-hybridized carbons (Fsp3) is 0.0870. The highest BCUT2D eigenvalue weighted by atomic mass is 19.1. The largest absolute Gasteiger partial charge is 0.497 e. The Morgan fingerprint density at radius 2 is 1.67 bits per heavy atom. The zero-order chi connectivity index (χ0) is 19.2. The van der Waals surface area contributed by atoms with Gasteiger partial charge in [-0.15, -0.1) is 0 Å². The van der Waals surface area contributed by atoms with Gasteiger partial charge in [0.15, 0.2) is 5.78 Å². The van der Waals surface area contributed by atoms with Gasteiger partial charge in [0.1, 0.15) is 17.3 Å². The third-order valence-corrected chi connectivity index (χ3v) is 4.20. The maximum Gasteiger partial charge on any atom is 0.186 e. The molecule has 0 aromatic heterocycles. The van der Waals surface area contributed by atoms with Gasteiger partial charge < -0.3 is 9.47 Å². The summed E-state index contributed by atoms with van der Waals surface area (Å²) in [5, 5.41) is 0. The summed E-state index contributed by atoms with van der Waals surface area (Å²) in [6.07, 6.45) is 3.20. The number of rotatable bonds is 6. The number of ether oxygens (including phenoxy) is 2. The van der Waals surface area contributed by atoms with E-state index in [2.05, 4.69) is 0 Å². The van der Waals surface area contributed by atoms with E-state index in [-0.39, 0.29) is 11.6 Å². The van der Waals surface area contributed by atoms with Crippen LogP contribution in [0, 0.1) is 5.82 Å². The minimum atomic E-state index is -0.312. The first-order chi connectivity index (χ1) is 13.1. The average molecular weight is 362 g/mol. The highest BCUT2D eigenvalue weighted by Crippen LogP contribution is 2.27. The topological polar surface area (TPSA) is 35.5 Å². The highest BCUT2D eigenvalue weighted by molar-refractivity contribution is 6.11. The first-order valence-electron chi connectivity index (χ1n) is 8.42. The summed E-state index contributed by atoms with van der Waals surface area (Å²) in [7, 11) is 3.16. The van der Waals surface area contributed by atoms with E-state index in [1.807, 2.05) is 12.1 Å². The summed E-state index contributed by atoms with van der Waals surface area (Å²) >= 11 is 0. The number of carbonyl (C=O) groups is 1. The molecule has 0 amide bonds. The zero-order valence-electron chi connectivity index (χ0n) is 15.1. The summed E-state index contributed by atoms with van der Waals surface area (Å²) in [6, 6.07) is 18.7. The van der Waals surface area contributed by atoms with Gasteiger partial charge in [-0.2, -0.15) is 0 Å². The molecule has 0 aliphatic heterocycles. The summed E-state index contributed by atoms with van der Waals surface area (Å²) < 4.78 is 23.8. The van der Waals surface area contributed by atoms with Crippen LogP contribution in [-0.4, -0.2) is 20.0 Å². The van der Waals surface area contributed by atoms with Gasteiger partial charge in [-0.05, 0) is 53.6 Å². The van der Waals surface area contributed by atoms with Crippen LogP contribution in [0.4, 0.5) is 4.39 Å². The first-order valence-corrected chi connectivity index (χ1v) is 8.42. The van der Waals surface area contributed by atoms with Crippen molar-refractivity contribution in [2.24, 2.45) is 0 Å². The van der Waals surface area contributed by atoms with Gasteiger partial charge in [-0.1, -0.05) is 36.4 Å². The van der Waals surface area contributed by atoms with Gasteiger partial charge in [0.05, 0.1) is 14.2 Å². The standard InChI is InChI=1S/C23H19FO3/c1-26-19-12-14-23(27-2)17(15-19)9-13-22(25)21-6-4-3-5-20(21)16-7-10-18(24)11-8-16/h3-15H,1-2H3/b13-9+. The van der Waals surface area contributed by atoms with Crippen molar-refractivity contribution in [3.05, 3.63) is 89.8 Å². The molecule has 0 radical (unpaired) electrons. The number of carbonyl (C=O) groups excluding carboxylic acids is 1. The van der Waals surface area contributed by atoms with Crippen molar-refractivity contribution in [1.29, 1.82) is 0 Å². The van der Waals surface area contributed by atoms with E-state index in [1.54, 1.807) is 62.8 Å². The maximum absolute atomic E-state index is 13.2. The molecule has 3 aromatic carbocycles. The van der Waals surface area contributed by atoms with Crippen molar-refractivity contribution in [3.63, 3.8) is 0 Å². The molecule has 0 saturated heterocycles. The van der Waals surface area contributed by atoms with Crippen molar-refractivity contribution >= 4 is 11.9 Å². The van der Waals surface area contributed by atoms with Crippen molar-refractivity contribution in [2.45, 2.75) is 0 Å². The molecule has 0 aliphatic rings. The molecule has 0 bridgehead atoms. The molecule has 0 fully saturated rings. The Morgan fingerprint density at radius 1 is 0.926 bits per heavy atom. The molecule has 27 heavy (non-hydrogen) atoms. The Kier molecular flexibility index (Phi) is 5.67. The predicted octanol–water partition coefficient (Wildman–Crippen LogP) is 5.41. The van der Waals surface area contributed by atoms with Gasteiger partial charge in [-0.3, -0.25) is 4.79 Å². The molecular weight excluding hydrogens is 343 g/mol. The van der Waals surface area contributed by atoms with E-state index in [1.165, 1.54) is 18.2 Å². The van der Waals surface area contributed by atoms with E-state index < -0.39 is 0 Å². The Morgan fingerprint density at radius 3 is 2.37 bits per heavy atom. The van der Waals surface area contributed by atoms with Gasteiger partial charge in [0.2, 0.25) is 0 Å². The molecule has 0 spiro atoms. The van der Waals surface area contributed by atoms with E-state index in [9.17, 15) is 9.18 Å². The lowest BCUT2D eigenvalue weighted by molar-refractivity contribution is 0.104. The van der Waals surface area contributed by atoms with E-state index in [4.69, 9.17) is 9.47 Å². The lowest BCUT2D eigenvalue weighted by atomic mass is 9.96. The fourth-order valence-electron chi connectivity index (χ4n) is 2.80. The van der Waals surface area contributed by atoms with Crippen LogP contribution in [0.15, 0.2) is 72.8 Å². The van der Waals surface area contributed by atoms with E-state index >= 15 is 0 Å². The Balaban J connectivity index is 1.94. The van der Waals surface area contributed by atoms with Crippen LogP contribution in [0.2, 0.25) is 0 Å². The van der Waals surface area contributed by atoms with Crippen molar-refractivity contribution in [2.75, 3.05) is 14.2 Å². The number of benzene rings is 3.